The molecule has 3 fully saturated rings. The highest BCUT2D eigenvalue weighted by Gasteiger charge is 2.69. The van der Waals surface area contributed by atoms with Crippen LogP contribution in [-0.2, 0) is 9.53 Å². The Morgan fingerprint density at radius 1 is 1.40 bits per heavy atom. The summed E-state index contributed by atoms with van der Waals surface area (Å²) in [5.41, 5.74) is -2.13. The molecule has 7 atom stereocenters. The molecular formula is C15H22O5. The van der Waals surface area contributed by atoms with Crippen LogP contribution in [0.4, 0.5) is 0 Å². The van der Waals surface area contributed by atoms with Crippen LogP contribution >= 0.6 is 0 Å². The zero-order valence-corrected chi connectivity index (χ0v) is 11.9. The predicted octanol–water partition coefficient (Wildman–Crippen LogP) is 0.377. The van der Waals surface area contributed by atoms with E-state index in [1.807, 2.05) is 0 Å². The number of esters is 1. The molecule has 2 aliphatic carbocycles. The fraction of sp³-hybridized carbons (Fsp3) is 0.800. The molecule has 1 heterocycles. The van der Waals surface area contributed by atoms with Crippen LogP contribution in [0.5, 0.6) is 0 Å². The van der Waals surface area contributed by atoms with Gasteiger partial charge in [0, 0.05) is 17.8 Å². The second kappa shape index (κ2) is 4.06. The predicted molar refractivity (Wildman–Crippen MR) is 70.6 cm³/mol. The highest BCUT2D eigenvalue weighted by Crippen LogP contribution is 2.59. The third kappa shape index (κ3) is 1.41. The zero-order chi connectivity index (χ0) is 14.9. The number of ether oxygens (including phenoxy) is 1. The third-order valence-corrected chi connectivity index (χ3v) is 6.00. The number of hydrogen-bond donors (Lipinski definition) is 3. The van der Waals surface area contributed by atoms with Crippen LogP contribution in [-0.4, -0.2) is 45.2 Å². The Morgan fingerprint density at radius 2 is 2.05 bits per heavy atom. The number of carbonyl (C=O) groups is 1. The summed E-state index contributed by atoms with van der Waals surface area (Å²) in [4.78, 5) is 11.8. The topological polar surface area (TPSA) is 87.0 Å². The summed E-state index contributed by atoms with van der Waals surface area (Å²) < 4.78 is 5.41. The maximum Gasteiger partial charge on any atom is 0.309 e. The zero-order valence-electron chi connectivity index (χ0n) is 11.9. The van der Waals surface area contributed by atoms with Crippen molar-refractivity contribution in [3.63, 3.8) is 0 Å². The Kier molecular flexibility index (Phi) is 2.85. The first-order valence-corrected chi connectivity index (χ1v) is 7.21. The number of carbonyl (C=O) groups excluding carboxylic acids is 1. The van der Waals surface area contributed by atoms with Crippen LogP contribution in [0.3, 0.4) is 0 Å². The Hall–Kier alpha value is -0.910. The van der Waals surface area contributed by atoms with Gasteiger partial charge in [0.05, 0.1) is 18.1 Å². The van der Waals surface area contributed by atoms with E-state index in [0.717, 1.165) is 6.42 Å². The molecule has 5 nitrogen and oxygen atoms in total. The van der Waals surface area contributed by atoms with Crippen molar-refractivity contribution in [3.8, 4) is 0 Å². The number of aliphatic hydroxyl groups is 3. The maximum atomic E-state index is 11.8. The SMILES string of the molecule is C=C1[C@H](O)C[C@@H](O)[C@]2(C)CC[C@H]3[C@H](C)C(=O)O[C@@H]3[C@@]12O. The highest BCUT2D eigenvalue weighted by atomic mass is 16.6. The van der Waals surface area contributed by atoms with E-state index in [1.165, 1.54) is 0 Å². The molecule has 5 heteroatoms. The van der Waals surface area contributed by atoms with Crippen LogP contribution in [0.25, 0.3) is 0 Å². The number of fused-ring (bicyclic) bond motifs is 3. The van der Waals surface area contributed by atoms with Crippen molar-refractivity contribution in [3.05, 3.63) is 12.2 Å². The van der Waals surface area contributed by atoms with Crippen LogP contribution in [0.2, 0.25) is 0 Å². The summed E-state index contributed by atoms with van der Waals surface area (Å²) in [7, 11) is 0. The van der Waals surface area contributed by atoms with E-state index in [-0.39, 0.29) is 29.8 Å². The van der Waals surface area contributed by atoms with E-state index in [0.29, 0.717) is 6.42 Å². The van der Waals surface area contributed by atoms with E-state index >= 15 is 0 Å². The molecule has 0 unspecified atom stereocenters. The number of aliphatic hydroxyl groups excluding tert-OH is 2. The normalized spacial score (nSPS) is 55.1. The van der Waals surface area contributed by atoms with Crippen LogP contribution in [0.1, 0.15) is 33.1 Å². The molecule has 2 saturated carbocycles. The second-order valence-corrected chi connectivity index (χ2v) is 6.83. The van der Waals surface area contributed by atoms with Gasteiger partial charge in [0.1, 0.15) is 11.7 Å². The van der Waals surface area contributed by atoms with Gasteiger partial charge >= 0.3 is 5.97 Å². The van der Waals surface area contributed by atoms with Gasteiger partial charge in [-0.25, -0.2) is 0 Å². The second-order valence-electron chi connectivity index (χ2n) is 6.83. The lowest BCUT2D eigenvalue weighted by atomic mass is 9.50. The molecule has 3 aliphatic rings. The van der Waals surface area contributed by atoms with Crippen molar-refractivity contribution in [1.82, 2.24) is 0 Å². The minimum absolute atomic E-state index is 0.0881. The van der Waals surface area contributed by atoms with Crippen LogP contribution in [0.15, 0.2) is 12.2 Å². The van der Waals surface area contributed by atoms with E-state index in [2.05, 4.69) is 6.58 Å². The lowest BCUT2D eigenvalue weighted by molar-refractivity contribution is -0.227. The molecule has 1 aliphatic heterocycles. The lowest BCUT2D eigenvalue weighted by Gasteiger charge is -2.59. The molecular weight excluding hydrogens is 260 g/mol. The molecule has 1 saturated heterocycles. The first-order chi connectivity index (χ1) is 9.23. The summed E-state index contributed by atoms with van der Waals surface area (Å²) in [6.07, 6.45) is -1.07. The molecule has 0 spiro atoms. The van der Waals surface area contributed by atoms with Crippen LogP contribution < -0.4 is 0 Å². The summed E-state index contributed by atoms with van der Waals surface area (Å²) in [6.45, 7) is 7.44. The lowest BCUT2D eigenvalue weighted by Crippen LogP contribution is -2.69. The summed E-state index contributed by atoms with van der Waals surface area (Å²) >= 11 is 0. The number of hydrogen-bond acceptors (Lipinski definition) is 5. The first kappa shape index (κ1) is 14.0. The van der Waals surface area contributed by atoms with Crippen molar-refractivity contribution in [1.29, 1.82) is 0 Å². The highest BCUT2D eigenvalue weighted by molar-refractivity contribution is 5.75. The average molecular weight is 282 g/mol. The van der Waals surface area contributed by atoms with E-state index < -0.39 is 29.3 Å². The average Bonchev–Trinajstić information content (AvgIpc) is 2.68. The molecule has 112 valence electrons. The van der Waals surface area contributed by atoms with Gasteiger partial charge in [-0.15, -0.1) is 0 Å². The van der Waals surface area contributed by atoms with E-state index in [1.54, 1.807) is 13.8 Å². The fourth-order valence-corrected chi connectivity index (χ4v) is 4.37. The van der Waals surface area contributed by atoms with Crippen molar-refractivity contribution in [2.75, 3.05) is 0 Å². The van der Waals surface area contributed by atoms with Gasteiger partial charge in [0.2, 0.25) is 0 Å². The standard InChI is InChI=1S/C15H22O5/c1-7-9-4-5-14(3)11(17)6-10(16)8(2)15(14,19)12(9)20-13(7)18/h7,9-12,16-17,19H,2,4-6H2,1,3H3/t7-,9-,10+,11+,12-,14-,15-/m0/s1. The fourth-order valence-electron chi connectivity index (χ4n) is 4.37. The van der Waals surface area contributed by atoms with Gasteiger partial charge in [0.15, 0.2) is 0 Å². The van der Waals surface area contributed by atoms with Gasteiger partial charge in [0.25, 0.3) is 0 Å². The molecule has 0 amide bonds. The Labute approximate surface area is 118 Å². The summed E-state index contributed by atoms with van der Waals surface area (Å²) in [6, 6.07) is 0. The third-order valence-electron chi connectivity index (χ3n) is 6.00. The Balaban J connectivity index is 2.10. The monoisotopic (exact) mass is 282 g/mol. The van der Waals surface area contributed by atoms with E-state index in [9.17, 15) is 20.1 Å². The quantitative estimate of drug-likeness (QED) is 0.441. The van der Waals surface area contributed by atoms with Crippen molar-refractivity contribution in [2.45, 2.75) is 57.0 Å². The maximum absolute atomic E-state index is 11.8. The first-order valence-electron chi connectivity index (χ1n) is 7.21. The van der Waals surface area contributed by atoms with Crippen molar-refractivity contribution >= 4 is 5.97 Å². The molecule has 0 aromatic carbocycles. The van der Waals surface area contributed by atoms with Gasteiger partial charge < -0.3 is 20.1 Å². The van der Waals surface area contributed by atoms with E-state index in [4.69, 9.17) is 4.74 Å². The van der Waals surface area contributed by atoms with Gasteiger partial charge in [-0.05, 0) is 18.4 Å². The number of rotatable bonds is 0. The molecule has 0 radical (unpaired) electrons. The largest absolute Gasteiger partial charge is 0.458 e. The molecule has 3 rings (SSSR count). The van der Waals surface area contributed by atoms with Crippen molar-refractivity contribution < 1.29 is 24.9 Å². The molecule has 0 bridgehead atoms. The minimum atomic E-state index is -1.56. The van der Waals surface area contributed by atoms with Gasteiger partial charge in [-0.3, -0.25) is 4.79 Å². The summed E-state index contributed by atoms with van der Waals surface area (Å²) in [5.74, 6) is -0.674. The molecule has 3 N–H and O–H groups in total. The van der Waals surface area contributed by atoms with Crippen molar-refractivity contribution in [2.24, 2.45) is 17.3 Å². The minimum Gasteiger partial charge on any atom is -0.458 e. The molecule has 20 heavy (non-hydrogen) atoms. The molecule has 0 aromatic heterocycles. The Morgan fingerprint density at radius 3 is 2.70 bits per heavy atom. The van der Waals surface area contributed by atoms with Gasteiger partial charge in [-0.1, -0.05) is 20.4 Å². The van der Waals surface area contributed by atoms with Crippen LogP contribution in [0, 0.1) is 17.3 Å². The molecule has 0 aromatic rings. The smallest absolute Gasteiger partial charge is 0.309 e. The summed E-state index contributed by atoms with van der Waals surface area (Å²) in [5, 5.41) is 31.7. The van der Waals surface area contributed by atoms with Gasteiger partial charge in [-0.2, -0.15) is 0 Å². The Bertz CT molecular complexity index is 475.